The molecule has 1 aromatic heterocycles. The lowest BCUT2D eigenvalue weighted by atomic mass is 10.2. The van der Waals surface area contributed by atoms with Gasteiger partial charge in [0.15, 0.2) is 5.82 Å². The molecule has 0 unspecified atom stereocenters. The molecule has 0 aliphatic carbocycles. The van der Waals surface area contributed by atoms with Gasteiger partial charge in [-0.1, -0.05) is 12.1 Å². The Balaban J connectivity index is 1.91. The molecule has 0 saturated heterocycles. The lowest BCUT2D eigenvalue weighted by Crippen LogP contribution is -2.13. The third-order valence-electron chi connectivity index (χ3n) is 3.45. The maximum Gasteiger partial charge on any atom is 0.261 e. The minimum absolute atomic E-state index is 0.00831. The van der Waals surface area contributed by atoms with Crippen LogP contribution in [0.4, 0.5) is 10.1 Å². The smallest absolute Gasteiger partial charge is 0.261 e. The van der Waals surface area contributed by atoms with Crippen molar-refractivity contribution in [1.82, 2.24) is 14.8 Å². The normalized spacial score (nSPS) is 11.4. The van der Waals surface area contributed by atoms with Crippen LogP contribution in [0.2, 0.25) is 0 Å². The fraction of sp³-hybridized carbons (Fsp3) is 0.125. The average molecular weight is 346 g/mol. The molecule has 3 aromatic rings. The zero-order valence-corrected chi connectivity index (χ0v) is 13.7. The first-order chi connectivity index (χ1) is 11.5. The van der Waals surface area contributed by atoms with Crippen molar-refractivity contribution in [3.05, 3.63) is 60.7 Å². The molecule has 0 saturated carbocycles. The standard InChI is InChI=1S/C16H15FN4O2S/c1-2-21-11-18-19-16(21)12-4-3-5-14(10-12)20-24(22,23)15-8-6-13(17)7-9-15/h3-11,20H,2H2,1H3. The molecule has 8 heteroatoms. The SMILES string of the molecule is CCn1cnnc1-c1cccc(NS(=O)(=O)c2ccc(F)cc2)c1. The van der Waals surface area contributed by atoms with Gasteiger partial charge in [0.2, 0.25) is 0 Å². The van der Waals surface area contributed by atoms with Crippen molar-refractivity contribution in [2.24, 2.45) is 0 Å². The number of aryl methyl sites for hydroxylation is 1. The summed E-state index contributed by atoms with van der Waals surface area (Å²) in [5.74, 6) is 0.162. The van der Waals surface area contributed by atoms with E-state index in [0.717, 1.165) is 17.7 Å². The van der Waals surface area contributed by atoms with Crippen LogP contribution in [0, 0.1) is 5.82 Å². The highest BCUT2D eigenvalue weighted by molar-refractivity contribution is 7.92. The highest BCUT2D eigenvalue weighted by Crippen LogP contribution is 2.23. The van der Waals surface area contributed by atoms with E-state index in [-0.39, 0.29) is 4.90 Å². The fourth-order valence-corrected chi connectivity index (χ4v) is 3.31. The Morgan fingerprint density at radius 2 is 1.92 bits per heavy atom. The second-order valence-corrected chi connectivity index (χ2v) is 6.76. The van der Waals surface area contributed by atoms with Gasteiger partial charge < -0.3 is 4.57 Å². The third-order valence-corrected chi connectivity index (χ3v) is 4.85. The summed E-state index contributed by atoms with van der Waals surface area (Å²) in [6.45, 7) is 2.67. The van der Waals surface area contributed by atoms with Gasteiger partial charge in [-0.05, 0) is 43.3 Å². The topological polar surface area (TPSA) is 76.9 Å². The molecule has 6 nitrogen and oxygen atoms in total. The molecule has 1 heterocycles. The van der Waals surface area contributed by atoms with Crippen LogP contribution >= 0.6 is 0 Å². The molecule has 2 aromatic carbocycles. The van der Waals surface area contributed by atoms with Crippen LogP contribution in [0.3, 0.4) is 0 Å². The third kappa shape index (κ3) is 3.28. The lowest BCUT2D eigenvalue weighted by Gasteiger charge is -2.10. The van der Waals surface area contributed by atoms with Crippen molar-refractivity contribution in [1.29, 1.82) is 0 Å². The summed E-state index contributed by atoms with van der Waals surface area (Å²) in [6.07, 6.45) is 1.62. The number of sulfonamides is 1. The van der Waals surface area contributed by atoms with Gasteiger partial charge in [0.25, 0.3) is 10.0 Å². The Hall–Kier alpha value is -2.74. The molecule has 0 aliphatic rings. The fourth-order valence-electron chi connectivity index (χ4n) is 2.26. The Kier molecular flexibility index (Phi) is 4.30. The first-order valence-electron chi connectivity index (χ1n) is 7.26. The molecule has 24 heavy (non-hydrogen) atoms. The van der Waals surface area contributed by atoms with E-state index in [1.54, 1.807) is 24.5 Å². The molecular weight excluding hydrogens is 331 g/mol. The summed E-state index contributed by atoms with van der Waals surface area (Å²) in [6, 6.07) is 11.5. The van der Waals surface area contributed by atoms with E-state index in [1.807, 2.05) is 17.6 Å². The number of nitrogens with zero attached hydrogens (tertiary/aromatic N) is 3. The van der Waals surface area contributed by atoms with Crippen LogP contribution < -0.4 is 4.72 Å². The minimum atomic E-state index is -3.79. The van der Waals surface area contributed by atoms with Gasteiger partial charge in [-0.25, -0.2) is 12.8 Å². The van der Waals surface area contributed by atoms with E-state index in [4.69, 9.17) is 0 Å². The van der Waals surface area contributed by atoms with Crippen molar-refractivity contribution in [3.63, 3.8) is 0 Å². The lowest BCUT2D eigenvalue weighted by molar-refractivity contribution is 0.599. The highest BCUT2D eigenvalue weighted by atomic mass is 32.2. The largest absolute Gasteiger partial charge is 0.314 e. The number of aromatic nitrogens is 3. The van der Waals surface area contributed by atoms with Crippen LogP contribution in [0.1, 0.15) is 6.92 Å². The molecule has 124 valence electrons. The van der Waals surface area contributed by atoms with Gasteiger partial charge in [-0.2, -0.15) is 0 Å². The number of anilines is 1. The first-order valence-corrected chi connectivity index (χ1v) is 8.74. The van der Waals surface area contributed by atoms with Crippen molar-refractivity contribution >= 4 is 15.7 Å². The number of halogens is 1. The first kappa shape index (κ1) is 16.1. The summed E-state index contributed by atoms with van der Waals surface area (Å²) in [5.41, 5.74) is 1.14. The summed E-state index contributed by atoms with van der Waals surface area (Å²) in [4.78, 5) is -0.00831. The second-order valence-electron chi connectivity index (χ2n) is 5.08. The molecule has 1 N–H and O–H groups in total. The van der Waals surface area contributed by atoms with E-state index < -0.39 is 15.8 Å². The van der Waals surface area contributed by atoms with Gasteiger partial charge in [0.05, 0.1) is 4.90 Å². The zero-order valence-electron chi connectivity index (χ0n) is 12.8. The maximum absolute atomic E-state index is 13.0. The molecule has 0 bridgehead atoms. The van der Waals surface area contributed by atoms with E-state index in [1.165, 1.54) is 12.1 Å². The van der Waals surface area contributed by atoms with Crippen molar-refractivity contribution in [2.45, 2.75) is 18.4 Å². The van der Waals surface area contributed by atoms with Gasteiger partial charge in [-0.3, -0.25) is 4.72 Å². The van der Waals surface area contributed by atoms with Crippen LogP contribution in [-0.4, -0.2) is 23.2 Å². The summed E-state index contributed by atoms with van der Waals surface area (Å²) in [5, 5.41) is 7.93. The van der Waals surface area contributed by atoms with E-state index in [9.17, 15) is 12.8 Å². The number of hydrogen-bond acceptors (Lipinski definition) is 4. The Morgan fingerprint density at radius 1 is 1.17 bits per heavy atom. The van der Waals surface area contributed by atoms with Gasteiger partial charge in [-0.15, -0.1) is 10.2 Å². The zero-order chi connectivity index (χ0) is 17.2. The number of nitrogens with one attached hydrogen (secondary N) is 1. The molecule has 0 radical (unpaired) electrons. The Morgan fingerprint density at radius 3 is 2.62 bits per heavy atom. The Bertz CT molecular complexity index is 952. The van der Waals surface area contributed by atoms with Crippen LogP contribution in [-0.2, 0) is 16.6 Å². The summed E-state index contributed by atoms with van der Waals surface area (Å²) in [7, 11) is -3.79. The van der Waals surface area contributed by atoms with E-state index in [2.05, 4.69) is 14.9 Å². The number of hydrogen-bond donors (Lipinski definition) is 1. The summed E-state index contributed by atoms with van der Waals surface area (Å²) >= 11 is 0. The molecule has 0 aliphatic heterocycles. The number of rotatable bonds is 5. The summed E-state index contributed by atoms with van der Waals surface area (Å²) < 4.78 is 42.0. The van der Waals surface area contributed by atoms with Gasteiger partial charge >= 0.3 is 0 Å². The van der Waals surface area contributed by atoms with E-state index >= 15 is 0 Å². The molecule has 0 fully saturated rings. The van der Waals surface area contributed by atoms with Crippen LogP contribution in [0.25, 0.3) is 11.4 Å². The maximum atomic E-state index is 13.0. The molecule has 0 spiro atoms. The van der Waals surface area contributed by atoms with Gasteiger partial charge in [0, 0.05) is 17.8 Å². The predicted octanol–water partition coefficient (Wildman–Crippen LogP) is 2.90. The molecule has 3 rings (SSSR count). The molecular formula is C16H15FN4O2S. The monoisotopic (exact) mass is 346 g/mol. The van der Waals surface area contributed by atoms with Crippen molar-refractivity contribution in [2.75, 3.05) is 4.72 Å². The van der Waals surface area contributed by atoms with Crippen LogP contribution in [0.15, 0.2) is 59.8 Å². The average Bonchev–Trinajstić information content (AvgIpc) is 3.04. The van der Waals surface area contributed by atoms with Crippen molar-refractivity contribution in [3.8, 4) is 11.4 Å². The quantitative estimate of drug-likeness (QED) is 0.771. The van der Waals surface area contributed by atoms with E-state index in [0.29, 0.717) is 18.1 Å². The Labute approximate surface area is 139 Å². The minimum Gasteiger partial charge on any atom is -0.314 e. The molecule has 0 amide bonds. The second kappa shape index (κ2) is 6.40. The molecule has 0 atom stereocenters. The van der Waals surface area contributed by atoms with Crippen molar-refractivity contribution < 1.29 is 12.8 Å². The van der Waals surface area contributed by atoms with Crippen LogP contribution in [0.5, 0.6) is 0 Å². The highest BCUT2D eigenvalue weighted by Gasteiger charge is 2.15. The van der Waals surface area contributed by atoms with Gasteiger partial charge in [0.1, 0.15) is 12.1 Å². The number of benzene rings is 2. The predicted molar refractivity (Wildman–Crippen MR) is 88.3 cm³/mol.